The zero-order valence-electron chi connectivity index (χ0n) is 10.5. The summed E-state index contributed by atoms with van der Waals surface area (Å²) in [6, 6.07) is 6.39. The monoisotopic (exact) mass is 295 g/mol. The van der Waals surface area contributed by atoms with Gasteiger partial charge in [-0.3, -0.25) is 4.79 Å². The molecule has 1 amide bonds. The van der Waals surface area contributed by atoms with E-state index in [1.807, 2.05) is 6.07 Å². The summed E-state index contributed by atoms with van der Waals surface area (Å²) in [7, 11) is -3.84. The Balaban J connectivity index is 2.37. The number of nitrogens with two attached hydrogens (primary N) is 1. The van der Waals surface area contributed by atoms with Crippen LogP contribution >= 0.6 is 0 Å². The number of rotatable bonds is 3. The van der Waals surface area contributed by atoms with E-state index < -0.39 is 22.0 Å². The van der Waals surface area contributed by atoms with Gasteiger partial charge in [0.15, 0.2) is 0 Å². The van der Waals surface area contributed by atoms with Crippen LogP contribution in [0.25, 0.3) is 0 Å². The van der Waals surface area contributed by atoms with E-state index in [-0.39, 0.29) is 24.7 Å². The standard InChI is InChI=1S/C12H13N3O4S/c13-7-9-1-3-10(4-2-9)20(17,18)15-5-6-19-8-11(15)12(14)16/h1-4,11H,5-6,8H2,(H2,14,16). The van der Waals surface area contributed by atoms with E-state index in [2.05, 4.69) is 0 Å². The van der Waals surface area contributed by atoms with Crippen LogP contribution in [-0.2, 0) is 19.6 Å². The highest BCUT2D eigenvalue weighted by molar-refractivity contribution is 7.89. The number of amides is 1. The van der Waals surface area contributed by atoms with Crippen LogP contribution in [0, 0.1) is 11.3 Å². The van der Waals surface area contributed by atoms with Gasteiger partial charge >= 0.3 is 0 Å². The molecule has 1 aliphatic rings. The molecule has 1 fully saturated rings. The van der Waals surface area contributed by atoms with Crippen molar-refractivity contribution in [3.8, 4) is 6.07 Å². The first-order chi connectivity index (χ1) is 9.46. The van der Waals surface area contributed by atoms with E-state index in [4.69, 9.17) is 15.7 Å². The summed E-state index contributed by atoms with van der Waals surface area (Å²) < 4.78 is 31.1. The van der Waals surface area contributed by atoms with Crippen LogP contribution in [0.1, 0.15) is 5.56 Å². The van der Waals surface area contributed by atoms with E-state index >= 15 is 0 Å². The normalized spacial score (nSPS) is 20.2. The van der Waals surface area contributed by atoms with Gasteiger partial charge in [0, 0.05) is 6.54 Å². The molecule has 1 aromatic carbocycles. The highest BCUT2D eigenvalue weighted by Gasteiger charge is 2.37. The van der Waals surface area contributed by atoms with Gasteiger partial charge in [-0.2, -0.15) is 9.57 Å². The fraction of sp³-hybridized carbons (Fsp3) is 0.333. The quantitative estimate of drug-likeness (QED) is 0.802. The lowest BCUT2D eigenvalue weighted by molar-refractivity contribution is -0.125. The molecular weight excluding hydrogens is 282 g/mol. The van der Waals surface area contributed by atoms with Crippen molar-refractivity contribution in [2.45, 2.75) is 10.9 Å². The molecule has 2 N–H and O–H groups in total. The van der Waals surface area contributed by atoms with Gasteiger partial charge in [-0.15, -0.1) is 0 Å². The lowest BCUT2D eigenvalue weighted by Gasteiger charge is -2.32. The third-order valence-corrected chi connectivity index (χ3v) is 4.92. The van der Waals surface area contributed by atoms with E-state index in [1.54, 1.807) is 0 Å². The average Bonchev–Trinajstić information content (AvgIpc) is 2.47. The van der Waals surface area contributed by atoms with E-state index in [9.17, 15) is 13.2 Å². The number of benzene rings is 1. The van der Waals surface area contributed by atoms with Crippen molar-refractivity contribution < 1.29 is 17.9 Å². The predicted octanol–water partition coefficient (Wildman–Crippen LogP) is -0.567. The van der Waals surface area contributed by atoms with Crippen LogP contribution in [0.15, 0.2) is 29.2 Å². The van der Waals surface area contributed by atoms with Crippen molar-refractivity contribution in [2.75, 3.05) is 19.8 Å². The molecule has 0 saturated carbocycles. The van der Waals surface area contributed by atoms with Crippen LogP contribution in [0.4, 0.5) is 0 Å². The number of primary amides is 1. The highest BCUT2D eigenvalue weighted by Crippen LogP contribution is 2.20. The van der Waals surface area contributed by atoms with Gasteiger partial charge in [0.25, 0.3) is 0 Å². The maximum Gasteiger partial charge on any atom is 0.243 e. The summed E-state index contributed by atoms with van der Waals surface area (Å²) >= 11 is 0. The summed E-state index contributed by atoms with van der Waals surface area (Å²) in [6.07, 6.45) is 0. The lowest BCUT2D eigenvalue weighted by Crippen LogP contribution is -2.54. The molecule has 1 atom stereocenters. The van der Waals surface area contributed by atoms with Gasteiger partial charge in [-0.25, -0.2) is 8.42 Å². The molecule has 0 aromatic heterocycles. The molecule has 0 bridgehead atoms. The number of nitriles is 1. The Kier molecular flexibility index (Phi) is 4.04. The number of morpholine rings is 1. The van der Waals surface area contributed by atoms with Gasteiger partial charge in [-0.1, -0.05) is 0 Å². The van der Waals surface area contributed by atoms with Crippen molar-refractivity contribution in [1.82, 2.24) is 4.31 Å². The van der Waals surface area contributed by atoms with Crippen molar-refractivity contribution in [3.63, 3.8) is 0 Å². The van der Waals surface area contributed by atoms with Gasteiger partial charge in [0.05, 0.1) is 29.7 Å². The minimum atomic E-state index is -3.84. The maximum atomic E-state index is 12.5. The van der Waals surface area contributed by atoms with Crippen LogP contribution in [-0.4, -0.2) is 44.4 Å². The fourth-order valence-electron chi connectivity index (χ4n) is 1.94. The Morgan fingerprint density at radius 2 is 2.05 bits per heavy atom. The Hall–Kier alpha value is -1.95. The fourth-order valence-corrected chi connectivity index (χ4v) is 3.50. The first kappa shape index (κ1) is 14.5. The van der Waals surface area contributed by atoms with Crippen molar-refractivity contribution in [2.24, 2.45) is 5.73 Å². The molecule has 0 spiro atoms. The van der Waals surface area contributed by atoms with Crippen molar-refractivity contribution in [1.29, 1.82) is 5.26 Å². The summed E-state index contributed by atoms with van der Waals surface area (Å²) in [6.45, 7) is 0.222. The molecule has 8 heteroatoms. The SMILES string of the molecule is N#Cc1ccc(S(=O)(=O)N2CCOCC2C(N)=O)cc1. The van der Waals surface area contributed by atoms with E-state index in [0.29, 0.717) is 5.56 Å². The first-order valence-corrected chi connectivity index (χ1v) is 7.30. The number of carbonyl (C=O) groups is 1. The zero-order valence-corrected chi connectivity index (χ0v) is 11.3. The molecule has 0 radical (unpaired) electrons. The van der Waals surface area contributed by atoms with E-state index in [1.165, 1.54) is 24.3 Å². The highest BCUT2D eigenvalue weighted by atomic mass is 32.2. The molecule has 20 heavy (non-hydrogen) atoms. The van der Waals surface area contributed by atoms with Crippen molar-refractivity contribution >= 4 is 15.9 Å². The molecule has 1 saturated heterocycles. The predicted molar refractivity (Wildman–Crippen MR) is 68.9 cm³/mol. The average molecular weight is 295 g/mol. The smallest absolute Gasteiger partial charge is 0.243 e. The Labute approximate surface area is 116 Å². The lowest BCUT2D eigenvalue weighted by atomic mass is 10.2. The molecule has 2 rings (SSSR count). The number of hydrogen-bond acceptors (Lipinski definition) is 5. The summed E-state index contributed by atoms with van der Waals surface area (Å²) in [5.74, 6) is -0.748. The zero-order chi connectivity index (χ0) is 14.8. The van der Waals surface area contributed by atoms with Gasteiger partial charge in [-0.05, 0) is 24.3 Å². The number of hydrogen-bond donors (Lipinski definition) is 1. The second-order valence-electron chi connectivity index (χ2n) is 4.25. The van der Waals surface area contributed by atoms with Crippen LogP contribution in [0.2, 0.25) is 0 Å². The second-order valence-corrected chi connectivity index (χ2v) is 6.14. The summed E-state index contributed by atoms with van der Waals surface area (Å²) in [4.78, 5) is 11.4. The summed E-state index contributed by atoms with van der Waals surface area (Å²) in [5.41, 5.74) is 5.57. The Morgan fingerprint density at radius 1 is 1.40 bits per heavy atom. The van der Waals surface area contributed by atoms with Crippen molar-refractivity contribution in [3.05, 3.63) is 29.8 Å². The molecule has 1 heterocycles. The van der Waals surface area contributed by atoms with Crippen LogP contribution < -0.4 is 5.73 Å². The van der Waals surface area contributed by atoms with Gasteiger partial charge in [0.1, 0.15) is 6.04 Å². The minimum absolute atomic E-state index is 0.0182. The summed E-state index contributed by atoms with van der Waals surface area (Å²) in [5, 5.41) is 8.71. The van der Waals surface area contributed by atoms with Gasteiger partial charge in [0.2, 0.25) is 15.9 Å². The maximum absolute atomic E-state index is 12.5. The molecular formula is C12H13N3O4S. The number of ether oxygens (including phenoxy) is 1. The molecule has 7 nitrogen and oxygen atoms in total. The molecule has 1 unspecified atom stereocenters. The second kappa shape index (κ2) is 5.58. The number of carbonyl (C=O) groups excluding carboxylic acids is 1. The Bertz CT molecular complexity index is 648. The molecule has 106 valence electrons. The number of sulfonamides is 1. The van der Waals surface area contributed by atoms with Gasteiger partial charge < -0.3 is 10.5 Å². The number of nitrogens with zero attached hydrogens (tertiary/aromatic N) is 2. The van der Waals surface area contributed by atoms with Crippen LogP contribution in [0.3, 0.4) is 0 Å². The Morgan fingerprint density at radius 3 is 2.60 bits per heavy atom. The third kappa shape index (κ3) is 2.65. The minimum Gasteiger partial charge on any atom is -0.378 e. The first-order valence-electron chi connectivity index (χ1n) is 5.86. The largest absolute Gasteiger partial charge is 0.378 e. The topological polar surface area (TPSA) is 113 Å². The third-order valence-electron chi connectivity index (χ3n) is 3.00. The van der Waals surface area contributed by atoms with Crippen LogP contribution in [0.5, 0.6) is 0 Å². The molecule has 1 aliphatic heterocycles. The molecule has 0 aliphatic carbocycles. The van der Waals surface area contributed by atoms with E-state index in [0.717, 1.165) is 4.31 Å². The molecule has 1 aromatic rings.